The van der Waals surface area contributed by atoms with Crippen LogP contribution in [0.3, 0.4) is 0 Å². The summed E-state index contributed by atoms with van der Waals surface area (Å²) in [6.45, 7) is 5.20. The zero-order valence-electron chi connectivity index (χ0n) is 11.5. The first-order chi connectivity index (χ1) is 8.42. The van der Waals surface area contributed by atoms with Gasteiger partial charge in [-0.1, -0.05) is 13.8 Å². The van der Waals surface area contributed by atoms with Crippen molar-refractivity contribution in [2.24, 2.45) is 22.5 Å². The monoisotopic (exact) mass is 291 g/mol. The molecule has 0 saturated heterocycles. The lowest BCUT2D eigenvalue weighted by molar-refractivity contribution is -0.128. The molecule has 2 unspecified atom stereocenters. The molecule has 7 heteroatoms. The van der Waals surface area contributed by atoms with Crippen LogP contribution in [0.4, 0.5) is 0 Å². The molecule has 2 atom stereocenters. The van der Waals surface area contributed by atoms with E-state index >= 15 is 0 Å². The second-order valence-corrected chi connectivity index (χ2v) is 7.46. The molecular formula is C12H21NO5S. The van der Waals surface area contributed by atoms with Crippen molar-refractivity contribution in [3.05, 3.63) is 0 Å². The number of carbonyl (C=O) groups excluding carboxylic acids is 2. The minimum atomic E-state index is -4.08. The summed E-state index contributed by atoms with van der Waals surface area (Å²) >= 11 is 0. The van der Waals surface area contributed by atoms with E-state index in [0.29, 0.717) is 12.8 Å². The highest BCUT2D eigenvalue weighted by Crippen LogP contribution is 2.64. The smallest absolute Gasteiger partial charge is 0.265 e. The molecule has 0 radical (unpaired) electrons. The van der Waals surface area contributed by atoms with Crippen LogP contribution in [0.25, 0.3) is 0 Å². The van der Waals surface area contributed by atoms with Gasteiger partial charge in [-0.3, -0.25) is 14.1 Å². The average Bonchev–Trinajstić information content (AvgIpc) is 2.47. The lowest BCUT2D eigenvalue weighted by atomic mass is 9.70. The van der Waals surface area contributed by atoms with Gasteiger partial charge in [-0.15, -0.1) is 0 Å². The van der Waals surface area contributed by atoms with Gasteiger partial charge in [-0.25, -0.2) is 0 Å². The number of rotatable bonds is 2. The third-order valence-electron chi connectivity index (χ3n) is 4.57. The van der Waals surface area contributed by atoms with Gasteiger partial charge in [0.15, 0.2) is 0 Å². The molecule has 0 heterocycles. The van der Waals surface area contributed by atoms with Crippen LogP contribution < -0.4 is 5.73 Å². The molecular weight excluding hydrogens is 270 g/mol. The fourth-order valence-electron chi connectivity index (χ4n) is 3.42. The van der Waals surface area contributed by atoms with E-state index < -0.39 is 21.3 Å². The topological polar surface area (TPSA) is 115 Å². The highest BCUT2D eigenvalue weighted by atomic mass is 32.2. The third kappa shape index (κ3) is 2.97. The number of fused-ring (bicyclic) bond motifs is 2. The largest absolute Gasteiger partial charge is 0.370 e. The predicted molar refractivity (Wildman–Crippen MR) is 69.8 cm³/mol. The minimum Gasteiger partial charge on any atom is -0.370 e. The van der Waals surface area contributed by atoms with Crippen molar-refractivity contribution in [2.75, 3.05) is 5.75 Å². The maximum absolute atomic E-state index is 11.9. The molecule has 2 saturated carbocycles. The summed E-state index contributed by atoms with van der Waals surface area (Å²) in [4.78, 5) is 21.1. The van der Waals surface area contributed by atoms with Gasteiger partial charge in [0.1, 0.15) is 5.78 Å². The Kier molecular flexibility index (Phi) is 4.12. The van der Waals surface area contributed by atoms with Crippen molar-refractivity contribution >= 4 is 21.8 Å². The van der Waals surface area contributed by atoms with Gasteiger partial charge in [0, 0.05) is 13.3 Å². The summed E-state index contributed by atoms with van der Waals surface area (Å²) in [5.74, 6) is -0.435. The number of carbonyl (C=O) groups is 2. The van der Waals surface area contributed by atoms with E-state index in [1.54, 1.807) is 0 Å². The third-order valence-corrected chi connectivity index (χ3v) is 5.43. The predicted octanol–water partition coefficient (Wildman–Crippen LogP) is 0.761. The number of primary amides is 1. The Morgan fingerprint density at radius 2 is 1.95 bits per heavy atom. The van der Waals surface area contributed by atoms with Gasteiger partial charge in [0.25, 0.3) is 10.1 Å². The van der Waals surface area contributed by atoms with Crippen LogP contribution in [0.15, 0.2) is 0 Å². The van der Waals surface area contributed by atoms with Gasteiger partial charge >= 0.3 is 0 Å². The van der Waals surface area contributed by atoms with Crippen molar-refractivity contribution < 1.29 is 22.6 Å². The van der Waals surface area contributed by atoms with E-state index in [0.717, 1.165) is 6.42 Å². The summed E-state index contributed by atoms with van der Waals surface area (Å²) in [5.41, 5.74) is 3.35. The van der Waals surface area contributed by atoms with E-state index in [1.165, 1.54) is 6.92 Å². The number of Topliss-reactive ketones (excluding diaryl/α,β-unsaturated/α-hetero) is 1. The molecule has 1 amide bonds. The standard InChI is InChI=1S/C10H16O4S.C2H5NO/c1-9(2)7-3-4-10(9,8(11)5-7)6-15(12,13)14;1-2(3)4/h7H,3-6H2,1-2H3,(H,12,13,14);1H3,(H2,3,4). The maximum atomic E-state index is 11.9. The van der Waals surface area contributed by atoms with Crippen LogP contribution >= 0.6 is 0 Å². The van der Waals surface area contributed by atoms with E-state index in [9.17, 15) is 18.0 Å². The number of hydrogen-bond donors (Lipinski definition) is 2. The van der Waals surface area contributed by atoms with E-state index in [4.69, 9.17) is 4.55 Å². The van der Waals surface area contributed by atoms with Gasteiger partial charge in [-0.05, 0) is 24.2 Å². The first-order valence-corrected chi connectivity index (χ1v) is 7.78. The summed E-state index contributed by atoms with van der Waals surface area (Å²) in [6, 6.07) is 0. The van der Waals surface area contributed by atoms with Gasteiger partial charge in [0.2, 0.25) is 5.91 Å². The molecule has 0 spiro atoms. The van der Waals surface area contributed by atoms with Gasteiger partial charge in [0.05, 0.1) is 11.2 Å². The first kappa shape index (κ1) is 16.1. The van der Waals surface area contributed by atoms with Crippen LogP contribution in [0, 0.1) is 16.7 Å². The van der Waals surface area contributed by atoms with Crippen LogP contribution in [0.5, 0.6) is 0 Å². The number of hydrogen-bond acceptors (Lipinski definition) is 4. The van der Waals surface area contributed by atoms with Crippen molar-refractivity contribution in [2.45, 2.75) is 40.0 Å². The molecule has 0 aromatic carbocycles. The zero-order valence-corrected chi connectivity index (χ0v) is 12.3. The maximum Gasteiger partial charge on any atom is 0.265 e. The molecule has 19 heavy (non-hydrogen) atoms. The Labute approximate surface area is 113 Å². The Hall–Kier alpha value is -0.950. The second kappa shape index (κ2) is 4.86. The van der Waals surface area contributed by atoms with Gasteiger partial charge < -0.3 is 5.73 Å². The SMILES string of the molecule is CC(N)=O.CC1(C)C2CCC1(CS(=O)(=O)O)C(=O)C2. The number of amides is 1. The first-order valence-electron chi connectivity index (χ1n) is 6.17. The average molecular weight is 291 g/mol. The second-order valence-electron chi connectivity index (χ2n) is 6.00. The Morgan fingerprint density at radius 3 is 2.21 bits per heavy atom. The fourth-order valence-corrected chi connectivity index (χ4v) is 4.72. The molecule has 2 fully saturated rings. The van der Waals surface area contributed by atoms with Crippen LogP contribution in [0.1, 0.15) is 40.0 Å². The Bertz CT molecular complexity index is 492. The molecule has 2 aliphatic rings. The van der Waals surface area contributed by atoms with Gasteiger partial charge in [-0.2, -0.15) is 8.42 Å². The molecule has 2 rings (SSSR count). The Morgan fingerprint density at radius 1 is 1.47 bits per heavy atom. The molecule has 0 aromatic rings. The molecule has 3 N–H and O–H groups in total. The normalized spacial score (nSPS) is 31.8. The molecule has 6 nitrogen and oxygen atoms in total. The van der Waals surface area contributed by atoms with E-state index in [-0.39, 0.29) is 23.0 Å². The molecule has 0 aliphatic heterocycles. The van der Waals surface area contributed by atoms with Crippen LogP contribution in [0.2, 0.25) is 0 Å². The number of ketones is 1. The summed E-state index contributed by atoms with van der Waals surface area (Å²) in [6.07, 6.45) is 1.97. The molecule has 0 aromatic heterocycles. The summed E-state index contributed by atoms with van der Waals surface area (Å²) in [7, 11) is -4.08. The lowest BCUT2D eigenvalue weighted by Gasteiger charge is -2.35. The van der Waals surface area contributed by atoms with Crippen LogP contribution in [-0.2, 0) is 19.7 Å². The minimum absolute atomic E-state index is 0.0152. The van der Waals surface area contributed by atoms with E-state index in [2.05, 4.69) is 5.73 Å². The van der Waals surface area contributed by atoms with E-state index in [1.807, 2.05) is 13.8 Å². The van der Waals surface area contributed by atoms with Crippen molar-refractivity contribution in [1.29, 1.82) is 0 Å². The summed E-state index contributed by atoms with van der Waals surface area (Å²) in [5, 5.41) is 0. The summed E-state index contributed by atoms with van der Waals surface area (Å²) < 4.78 is 31.0. The lowest BCUT2D eigenvalue weighted by Crippen LogP contribution is -2.42. The highest BCUT2D eigenvalue weighted by Gasteiger charge is 2.65. The quantitative estimate of drug-likeness (QED) is 0.729. The molecule has 2 bridgehead atoms. The van der Waals surface area contributed by atoms with Crippen molar-refractivity contribution in [3.63, 3.8) is 0 Å². The number of nitrogens with two attached hydrogens (primary N) is 1. The van der Waals surface area contributed by atoms with Crippen LogP contribution in [-0.4, -0.2) is 30.4 Å². The zero-order chi connectivity index (χ0) is 15.1. The highest BCUT2D eigenvalue weighted by molar-refractivity contribution is 7.85. The molecule has 2 aliphatic carbocycles. The van der Waals surface area contributed by atoms with Crippen molar-refractivity contribution in [1.82, 2.24) is 0 Å². The fraction of sp³-hybridized carbons (Fsp3) is 0.833. The molecule has 110 valence electrons. The van der Waals surface area contributed by atoms with Crippen molar-refractivity contribution in [3.8, 4) is 0 Å². The Balaban J connectivity index is 0.000000399.